The lowest BCUT2D eigenvalue weighted by atomic mass is 9.95. The van der Waals surface area contributed by atoms with Gasteiger partial charge in [-0.3, -0.25) is 4.79 Å². The maximum atomic E-state index is 11.9. The van der Waals surface area contributed by atoms with E-state index in [2.05, 4.69) is 6.92 Å². The molecule has 0 bridgehead atoms. The largest absolute Gasteiger partial charge is 0.396 e. The Morgan fingerprint density at radius 2 is 1.93 bits per heavy atom. The minimum Gasteiger partial charge on any atom is -0.396 e. The Morgan fingerprint density at radius 1 is 1.33 bits per heavy atom. The fraction of sp³-hybridized carbons (Fsp3) is 0.917. The highest BCUT2D eigenvalue weighted by Crippen LogP contribution is 2.13. The van der Waals surface area contributed by atoms with E-state index in [-0.39, 0.29) is 24.3 Å². The van der Waals surface area contributed by atoms with Gasteiger partial charge >= 0.3 is 0 Å². The van der Waals surface area contributed by atoms with Gasteiger partial charge < -0.3 is 10.0 Å². The maximum Gasteiger partial charge on any atom is 0.228 e. The molecule has 0 aromatic heterocycles. The standard InChI is InChI=1S/C12H25NO2/c1-5-6-7-8-13(4)12(15)11(9-14)10(2)3/h10-11,14H,5-9H2,1-4H3. The van der Waals surface area contributed by atoms with Crippen LogP contribution in [0.25, 0.3) is 0 Å². The Morgan fingerprint density at radius 3 is 2.33 bits per heavy atom. The number of carbonyl (C=O) groups is 1. The lowest BCUT2D eigenvalue weighted by Gasteiger charge is -2.24. The summed E-state index contributed by atoms with van der Waals surface area (Å²) in [5.74, 6) is 0.0383. The molecule has 90 valence electrons. The number of aliphatic hydroxyl groups is 1. The molecule has 0 aliphatic carbocycles. The van der Waals surface area contributed by atoms with Gasteiger partial charge in [0.15, 0.2) is 0 Å². The van der Waals surface area contributed by atoms with E-state index in [0.717, 1.165) is 25.8 Å². The van der Waals surface area contributed by atoms with Crippen molar-refractivity contribution in [2.45, 2.75) is 40.0 Å². The van der Waals surface area contributed by atoms with Crippen molar-refractivity contribution in [1.29, 1.82) is 0 Å². The summed E-state index contributed by atoms with van der Waals surface area (Å²) in [6, 6.07) is 0. The fourth-order valence-electron chi connectivity index (χ4n) is 1.57. The van der Waals surface area contributed by atoms with Crippen LogP contribution in [-0.4, -0.2) is 36.1 Å². The third kappa shape index (κ3) is 5.17. The first-order valence-electron chi connectivity index (χ1n) is 5.90. The topological polar surface area (TPSA) is 40.5 Å². The highest BCUT2D eigenvalue weighted by atomic mass is 16.3. The highest BCUT2D eigenvalue weighted by molar-refractivity contribution is 5.78. The van der Waals surface area contributed by atoms with Crippen LogP contribution in [0, 0.1) is 11.8 Å². The SMILES string of the molecule is CCCCCN(C)C(=O)C(CO)C(C)C. The van der Waals surface area contributed by atoms with E-state index < -0.39 is 0 Å². The number of hydrogen-bond donors (Lipinski definition) is 1. The number of hydrogen-bond acceptors (Lipinski definition) is 2. The zero-order valence-electron chi connectivity index (χ0n) is 10.5. The van der Waals surface area contributed by atoms with Crippen LogP contribution >= 0.6 is 0 Å². The van der Waals surface area contributed by atoms with Crippen LogP contribution < -0.4 is 0 Å². The predicted molar refractivity (Wildman–Crippen MR) is 62.6 cm³/mol. The Balaban J connectivity index is 4.05. The van der Waals surface area contributed by atoms with Crippen molar-refractivity contribution in [2.75, 3.05) is 20.2 Å². The van der Waals surface area contributed by atoms with E-state index in [0.29, 0.717) is 0 Å². The second-order valence-corrected chi connectivity index (χ2v) is 4.50. The van der Waals surface area contributed by atoms with Crippen molar-refractivity contribution >= 4 is 5.91 Å². The highest BCUT2D eigenvalue weighted by Gasteiger charge is 2.23. The monoisotopic (exact) mass is 215 g/mol. The summed E-state index contributed by atoms with van der Waals surface area (Å²) >= 11 is 0. The van der Waals surface area contributed by atoms with Crippen molar-refractivity contribution in [1.82, 2.24) is 4.90 Å². The molecule has 1 unspecified atom stereocenters. The van der Waals surface area contributed by atoms with Crippen LogP contribution in [0.15, 0.2) is 0 Å². The van der Waals surface area contributed by atoms with Gasteiger partial charge in [0.05, 0.1) is 12.5 Å². The summed E-state index contributed by atoms with van der Waals surface area (Å²) in [7, 11) is 1.82. The maximum absolute atomic E-state index is 11.9. The van der Waals surface area contributed by atoms with E-state index in [1.54, 1.807) is 4.90 Å². The summed E-state index contributed by atoms with van der Waals surface area (Å²) in [6.07, 6.45) is 3.37. The van der Waals surface area contributed by atoms with Crippen molar-refractivity contribution < 1.29 is 9.90 Å². The third-order valence-electron chi connectivity index (χ3n) is 2.79. The Labute approximate surface area is 93.5 Å². The number of rotatable bonds is 7. The van der Waals surface area contributed by atoms with E-state index >= 15 is 0 Å². The smallest absolute Gasteiger partial charge is 0.228 e. The van der Waals surface area contributed by atoms with Crippen molar-refractivity contribution in [2.24, 2.45) is 11.8 Å². The Bertz CT molecular complexity index is 180. The van der Waals surface area contributed by atoms with Crippen molar-refractivity contribution in [3.63, 3.8) is 0 Å². The lowest BCUT2D eigenvalue weighted by molar-refractivity contribution is -0.137. The molecular weight excluding hydrogens is 190 g/mol. The van der Waals surface area contributed by atoms with E-state index in [1.807, 2.05) is 20.9 Å². The average molecular weight is 215 g/mol. The first kappa shape index (κ1) is 14.4. The molecule has 0 aromatic carbocycles. The average Bonchev–Trinajstić information content (AvgIpc) is 2.18. The van der Waals surface area contributed by atoms with Crippen LogP contribution in [0.2, 0.25) is 0 Å². The molecule has 15 heavy (non-hydrogen) atoms. The number of aliphatic hydroxyl groups excluding tert-OH is 1. The first-order chi connectivity index (χ1) is 7.04. The summed E-state index contributed by atoms with van der Waals surface area (Å²) in [6.45, 7) is 6.84. The molecule has 0 aliphatic heterocycles. The molecule has 0 aromatic rings. The van der Waals surface area contributed by atoms with Gasteiger partial charge in [-0.15, -0.1) is 0 Å². The van der Waals surface area contributed by atoms with Crippen LogP contribution in [0.4, 0.5) is 0 Å². The molecule has 0 saturated heterocycles. The number of unbranched alkanes of at least 4 members (excludes halogenated alkanes) is 2. The second-order valence-electron chi connectivity index (χ2n) is 4.50. The van der Waals surface area contributed by atoms with Crippen molar-refractivity contribution in [3.8, 4) is 0 Å². The molecule has 1 atom stereocenters. The summed E-state index contributed by atoms with van der Waals surface area (Å²) in [4.78, 5) is 13.6. The van der Waals surface area contributed by atoms with Gasteiger partial charge in [-0.05, 0) is 12.3 Å². The number of nitrogens with zero attached hydrogens (tertiary/aromatic N) is 1. The summed E-state index contributed by atoms with van der Waals surface area (Å²) in [5.41, 5.74) is 0. The van der Waals surface area contributed by atoms with Gasteiger partial charge in [0, 0.05) is 13.6 Å². The zero-order valence-corrected chi connectivity index (χ0v) is 10.5. The molecule has 0 fully saturated rings. The molecule has 1 N–H and O–H groups in total. The minimum atomic E-state index is -0.239. The van der Waals surface area contributed by atoms with Crippen LogP contribution in [0.1, 0.15) is 40.0 Å². The molecule has 0 radical (unpaired) electrons. The van der Waals surface area contributed by atoms with Crippen LogP contribution in [0.3, 0.4) is 0 Å². The second kappa shape index (κ2) is 7.69. The molecule has 0 rings (SSSR count). The molecule has 0 aliphatic rings. The number of amides is 1. The molecule has 0 heterocycles. The van der Waals surface area contributed by atoms with Crippen molar-refractivity contribution in [3.05, 3.63) is 0 Å². The molecule has 3 nitrogen and oxygen atoms in total. The minimum absolute atomic E-state index is 0.0470. The van der Waals surface area contributed by atoms with Gasteiger partial charge in [-0.2, -0.15) is 0 Å². The van der Waals surface area contributed by atoms with Gasteiger partial charge in [0.25, 0.3) is 0 Å². The van der Waals surface area contributed by atoms with E-state index in [4.69, 9.17) is 5.11 Å². The number of carbonyl (C=O) groups excluding carboxylic acids is 1. The Hall–Kier alpha value is -0.570. The lowest BCUT2D eigenvalue weighted by Crippen LogP contribution is -2.37. The molecule has 0 saturated carbocycles. The quantitative estimate of drug-likeness (QED) is 0.659. The molecule has 1 amide bonds. The first-order valence-corrected chi connectivity index (χ1v) is 5.90. The predicted octanol–water partition coefficient (Wildman–Crippen LogP) is 1.90. The van der Waals surface area contributed by atoms with Gasteiger partial charge in [-0.25, -0.2) is 0 Å². The van der Waals surface area contributed by atoms with Crippen LogP contribution in [-0.2, 0) is 4.79 Å². The Kier molecular flexibility index (Phi) is 7.39. The van der Waals surface area contributed by atoms with Gasteiger partial charge in [0.2, 0.25) is 5.91 Å². The van der Waals surface area contributed by atoms with E-state index in [1.165, 1.54) is 0 Å². The molecule has 3 heteroatoms. The zero-order chi connectivity index (χ0) is 11.8. The normalized spacial score (nSPS) is 12.9. The third-order valence-corrected chi connectivity index (χ3v) is 2.79. The summed E-state index contributed by atoms with van der Waals surface area (Å²) in [5, 5.41) is 9.14. The molecular formula is C12H25NO2. The van der Waals surface area contributed by atoms with Gasteiger partial charge in [-0.1, -0.05) is 33.6 Å². The molecule has 0 spiro atoms. The van der Waals surface area contributed by atoms with E-state index in [9.17, 15) is 4.79 Å². The van der Waals surface area contributed by atoms with Crippen LogP contribution in [0.5, 0.6) is 0 Å². The summed E-state index contributed by atoms with van der Waals surface area (Å²) < 4.78 is 0. The fourth-order valence-corrected chi connectivity index (χ4v) is 1.57. The van der Waals surface area contributed by atoms with Gasteiger partial charge in [0.1, 0.15) is 0 Å².